The summed E-state index contributed by atoms with van der Waals surface area (Å²) in [5.74, 6) is 0.565. The number of hydrogen-bond acceptors (Lipinski definition) is 5. The summed E-state index contributed by atoms with van der Waals surface area (Å²) in [7, 11) is 0. The molecule has 2 rings (SSSR count). The number of carbonyl (C=O) groups excluding carboxylic acids is 2. The number of ketones is 2. The zero-order valence-corrected chi connectivity index (χ0v) is 15.3. The van der Waals surface area contributed by atoms with E-state index < -0.39 is 0 Å². The van der Waals surface area contributed by atoms with Gasteiger partial charge < -0.3 is 0 Å². The average molecular weight is 379 g/mol. The van der Waals surface area contributed by atoms with Crippen LogP contribution in [0, 0.1) is 13.8 Å². The van der Waals surface area contributed by atoms with Gasteiger partial charge in [0, 0.05) is 20.9 Å². The van der Waals surface area contributed by atoms with Gasteiger partial charge >= 0.3 is 0 Å². The molecule has 0 bridgehead atoms. The lowest BCUT2D eigenvalue weighted by Gasteiger charge is -2.01. The summed E-state index contributed by atoms with van der Waals surface area (Å²) >= 11 is 15.9. The van der Waals surface area contributed by atoms with E-state index >= 15 is 0 Å². The third-order valence-corrected chi connectivity index (χ3v) is 6.13. The van der Waals surface area contributed by atoms with Gasteiger partial charge in [-0.25, -0.2) is 0 Å². The Bertz CT molecular complexity index is 630. The first-order valence-corrected chi connectivity index (χ1v) is 9.59. The highest BCUT2D eigenvalue weighted by molar-refractivity contribution is 8.00. The molecule has 2 aromatic heterocycles. The van der Waals surface area contributed by atoms with Crippen LogP contribution in [0.3, 0.4) is 0 Å². The van der Waals surface area contributed by atoms with E-state index in [1.807, 2.05) is 13.8 Å². The molecule has 2 nitrogen and oxygen atoms in total. The van der Waals surface area contributed by atoms with E-state index in [2.05, 4.69) is 0 Å². The van der Waals surface area contributed by atoms with Crippen molar-refractivity contribution in [2.75, 3.05) is 11.5 Å². The van der Waals surface area contributed by atoms with Crippen molar-refractivity contribution in [3.8, 4) is 0 Å². The number of halogens is 2. The van der Waals surface area contributed by atoms with Gasteiger partial charge in [0.05, 0.1) is 20.2 Å². The number of carbonyl (C=O) groups is 2. The molecule has 21 heavy (non-hydrogen) atoms. The summed E-state index contributed by atoms with van der Waals surface area (Å²) in [6.07, 6.45) is 0. The van der Waals surface area contributed by atoms with E-state index in [0.717, 1.165) is 9.75 Å². The largest absolute Gasteiger partial charge is 0.293 e. The monoisotopic (exact) mass is 378 g/mol. The molecule has 0 radical (unpaired) electrons. The van der Waals surface area contributed by atoms with Crippen molar-refractivity contribution in [1.82, 2.24) is 0 Å². The van der Waals surface area contributed by atoms with Crippen LogP contribution < -0.4 is 0 Å². The van der Waals surface area contributed by atoms with E-state index in [0.29, 0.717) is 19.8 Å². The molecule has 7 heteroatoms. The lowest BCUT2D eigenvalue weighted by atomic mass is 10.2. The second-order valence-electron chi connectivity index (χ2n) is 4.38. The third kappa shape index (κ3) is 4.33. The number of hydrogen-bond donors (Lipinski definition) is 0. The Hall–Kier alpha value is -0.330. The molecule has 0 amide bonds. The highest BCUT2D eigenvalue weighted by Gasteiger charge is 2.16. The molecule has 0 atom stereocenters. The standard InChI is InChI=1S/C14H12Cl2O2S3/c1-7-9(3-13(15)20-7)11(17)5-19-6-12(18)10-4-14(16)21-8(10)2/h3-4H,5-6H2,1-2H3. The van der Waals surface area contributed by atoms with E-state index in [4.69, 9.17) is 23.2 Å². The fourth-order valence-electron chi connectivity index (χ4n) is 1.84. The van der Waals surface area contributed by atoms with Gasteiger partial charge in [-0.2, -0.15) is 0 Å². The van der Waals surface area contributed by atoms with E-state index in [1.165, 1.54) is 34.4 Å². The summed E-state index contributed by atoms with van der Waals surface area (Å²) in [5.41, 5.74) is 1.31. The molecule has 2 aromatic rings. The maximum absolute atomic E-state index is 12.1. The van der Waals surface area contributed by atoms with Crippen molar-refractivity contribution in [1.29, 1.82) is 0 Å². The number of Topliss-reactive ketones (excluding diaryl/α,β-unsaturated/α-hetero) is 2. The van der Waals surface area contributed by atoms with Crippen LogP contribution >= 0.6 is 57.6 Å². The maximum Gasteiger partial charge on any atom is 0.173 e. The van der Waals surface area contributed by atoms with Gasteiger partial charge in [-0.05, 0) is 26.0 Å². The molecule has 0 aliphatic carbocycles. The molecule has 0 fully saturated rings. The molecular formula is C14H12Cl2O2S3. The molecule has 0 aliphatic heterocycles. The van der Waals surface area contributed by atoms with Crippen LogP contribution in [0.15, 0.2) is 12.1 Å². The van der Waals surface area contributed by atoms with Gasteiger partial charge in [-0.15, -0.1) is 34.4 Å². The topological polar surface area (TPSA) is 34.1 Å². The van der Waals surface area contributed by atoms with Crippen LogP contribution in [-0.2, 0) is 0 Å². The Balaban J connectivity index is 1.90. The minimum atomic E-state index is 0.00789. The van der Waals surface area contributed by atoms with Gasteiger partial charge in [0.1, 0.15) is 0 Å². The summed E-state index contributed by atoms with van der Waals surface area (Å²) in [5, 5.41) is 0. The van der Waals surface area contributed by atoms with Crippen LogP contribution in [0.1, 0.15) is 30.5 Å². The minimum absolute atomic E-state index is 0.00789. The highest BCUT2D eigenvalue weighted by atomic mass is 35.5. The molecule has 2 heterocycles. The van der Waals surface area contributed by atoms with Gasteiger partial charge in [0.25, 0.3) is 0 Å². The first kappa shape index (κ1) is 17.0. The van der Waals surface area contributed by atoms with Crippen molar-refractivity contribution in [3.63, 3.8) is 0 Å². The summed E-state index contributed by atoms with van der Waals surface area (Å²) in [4.78, 5) is 26.0. The third-order valence-electron chi connectivity index (χ3n) is 2.84. The van der Waals surface area contributed by atoms with Crippen molar-refractivity contribution in [2.24, 2.45) is 0 Å². The molecule has 0 N–H and O–H groups in total. The highest BCUT2D eigenvalue weighted by Crippen LogP contribution is 2.28. The van der Waals surface area contributed by atoms with Crippen LogP contribution in [0.4, 0.5) is 0 Å². The second-order valence-corrected chi connectivity index (χ2v) is 9.14. The van der Waals surface area contributed by atoms with Gasteiger partial charge in [-0.3, -0.25) is 9.59 Å². The number of rotatable bonds is 6. The zero-order chi connectivity index (χ0) is 15.6. The van der Waals surface area contributed by atoms with Gasteiger partial charge in [0.15, 0.2) is 11.6 Å². The van der Waals surface area contributed by atoms with Crippen molar-refractivity contribution in [2.45, 2.75) is 13.8 Å². The Kier molecular flexibility index (Phi) is 5.91. The van der Waals surface area contributed by atoms with Crippen LogP contribution in [-0.4, -0.2) is 23.1 Å². The Morgan fingerprint density at radius 2 is 1.33 bits per heavy atom. The van der Waals surface area contributed by atoms with Crippen molar-refractivity contribution < 1.29 is 9.59 Å². The summed E-state index contributed by atoms with van der Waals surface area (Å²) in [6.45, 7) is 3.74. The Labute approximate surface area is 145 Å². The number of thioether (sulfide) groups is 1. The fraction of sp³-hybridized carbons (Fsp3) is 0.286. The van der Waals surface area contributed by atoms with Crippen molar-refractivity contribution >= 4 is 69.2 Å². The molecular weight excluding hydrogens is 367 g/mol. The minimum Gasteiger partial charge on any atom is -0.293 e. The molecule has 0 aromatic carbocycles. The Morgan fingerprint density at radius 3 is 1.62 bits per heavy atom. The molecule has 0 aliphatic rings. The predicted molar refractivity (Wildman–Crippen MR) is 94.1 cm³/mol. The molecule has 0 saturated carbocycles. The molecule has 0 spiro atoms. The van der Waals surface area contributed by atoms with E-state index in [-0.39, 0.29) is 23.1 Å². The second kappa shape index (κ2) is 7.29. The average Bonchev–Trinajstić information content (AvgIpc) is 2.91. The maximum atomic E-state index is 12.1. The van der Waals surface area contributed by atoms with Crippen LogP contribution in [0.5, 0.6) is 0 Å². The molecule has 0 unspecified atom stereocenters. The predicted octanol–water partition coefficient (Wildman–Crippen LogP) is 5.53. The van der Waals surface area contributed by atoms with E-state index in [9.17, 15) is 9.59 Å². The quantitative estimate of drug-likeness (QED) is 0.619. The van der Waals surface area contributed by atoms with Gasteiger partial charge in [0.2, 0.25) is 0 Å². The first-order valence-electron chi connectivity index (χ1n) is 6.04. The number of aryl methyl sites for hydroxylation is 2. The molecule has 112 valence electrons. The van der Waals surface area contributed by atoms with Gasteiger partial charge in [-0.1, -0.05) is 23.2 Å². The lowest BCUT2D eigenvalue weighted by molar-refractivity contribution is 0.102. The first-order chi connectivity index (χ1) is 9.88. The fourth-order valence-corrected chi connectivity index (χ4v) is 5.04. The zero-order valence-electron chi connectivity index (χ0n) is 11.4. The summed E-state index contributed by atoms with van der Waals surface area (Å²) < 4.78 is 1.22. The van der Waals surface area contributed by atoms with Crippen molar-refractivity contribution in [3.05, 3.63) is 41.7 Å². The van der Waals surface area contributed by atoms with Crippen LogP contribution in [0.2, 0.25) is 8.67 Å². The van der Waals surface area contributed by atoms with E-state index in [1.54, 1.807) is 12.1 Å². The lowest BCUT2D eigenvalue weighted by Crippen LogP contribution is -2.07. The summed E-state index contributed by atoms with van der Waals surface area (Å²) in [6, 6.07) is 3.38. The molecule has 0 saturated heterocycles. The number of thiophene rings is 2. The Morgan fingerprint density at radius 1 is 0.952 bits per heavy atom. The SMILES string of the molecule is Cc1sc(Cl)cc1C(=O)CSCC(=O)c1cc(Cl)sc1C. The normalized spacial score (nSPS) is 10.9. The smallest absolute Gasteiger partial charge is 0.173 e. The van der Waals surface area contributed by atoms with Crippen LogP contribution in [0.25, 0.3) is 0 Å².